The van der Waals surface area contributed by atoms with E-state index in [-0.39, 0.29) is 0 Å². The molecule has 14 heavy (non-hydrogen) atoms. The first-order chi connectivity index (χ1) is 6.75. The van der Waals surface area contributed by atoms with E-state index in [2.05, 4.69) is 17.1 Å². The summed E-state index contributed by atoms with van der Waals surface area (Å²) in [5.74, 6) is 0.647. The van der Waals surface area contributed by atoms with Crippen molar-refractivity contribution in [3.05, 3.63) is 11.3 Å². The van der Waals surface area contributed by atoms with Gasteiger partial charge >= 0.3 is 0 Å². The molecular formula is C11H21N3. The standard InChI is InChI=1S/C11H21N3/c1-3-4-5-6-7-8-10-9(2)11(12)14-13-10/h3-8H2,1-2H3,(H3,12,13,14). The van der Waals surface area contributed by atoms with Crippen LogP contribution in [0.25, 0.3) is 0 Å². The molecule has 0 aliphatic rings. The molecule has 0 spiro atoms. The zero-order valence-electron chi connectivity index (χ0n) is 9.27. The normalized spacial score (nSPS) is 10.7. The number of aromatic amines is 1. The molecule has 1 aromatic heterocycles. The number of hydrogen-bond acceptors (Lipinski definition) is 2. The number of anilines is 1. The maximum atomic E-state index is 5.65. The van der Waals surface area contributed by atoms with Gasteiger partial charge in [-0.3, -0.25) is 5.10 Å². The van der Waals surface area contributed by atoms with Gasteiger partial charge in [0.1, 0.15) is 5.82 Å². The van der Waals surface area contributed by atoms with Gasteiger partial charge < -0.3 is 5.73 Å². The highest BCUT2D eigenvalue weighted by molar-refractivity contribution is 5.40. The predicted octanol–water partition coefficient (Wildman–Crippen LogP) is 2.81. The van der Waals surface area contributed by atoms with Crippen LogP contribution in [-0.4, -0.2) is 10.2 Å². The summed E-state index contributed by atoms with van der Waals surface area (Å²) in [6.45, 7) is 4.26. The van der Waals surface area contributed by atoms with Gasteiger partial charge in [0, 0.05) is 11.3 Å². The molecule has 1 heterocycles. The molecule has 0 amide bonds. The number of unbranched alkanes of at least 4 members (excludes halogenated alkanes) is 4. The lowest BCUT2D eigenvalue weighted by Crippen LogP contribution is -1.90. The van der Waals surface area contributed by atoms with Crippen molar-refractivity contribution in [3.8, 4) is 0 Å². The Kier molecular flexibility index (Phi) is 4.50. The van der Waals surface area contributed by atoms with Crippen molar-refractivity contribution in [2.24, 2.45) is 0 Å². The summed E-state index contributed by atoms with van der Waals surface area (Å²) in [5, 5.41) is 6.97. The minimum Gasteiger partial charge on any atom is -0.382 e. The third kappa shape index (κ3) is 3.05. The molecule has 0 aliphatic heterocycles. The number of nitrogens with two attached hydrogens (primary N) is 1. The maximum Gasteiger partial charge on any atom is 0.148 e. The topological polar surface area (TPSA) is 54.7 Å². The smallest absolute Gasteiger partial charge is 0.148 e. The average molecular weight is 195 g/mol. The van der Waals surface area contributed by atoms with Crippen molar-refractivity contribution in [1.29, 1.82) is 0 Å². The third-order valence-electron chi connectivity index (χ3n) is 2.68. The number of aryl methyl sites for hydroxylation is 1. The Bertz CT molecular complexity index is 265. The molecule has 3 nitrogen and oxygen atoms in total. The van der Waals surface area contributed by atoms with Crippen LogP contribution in [0.3, 0.4) is 0 Å². The summed E-state index contributed by atoms with van der Waals surface area (Å²) in [6.07, 6.45) is 7.63. The van der Waals surface area contributed by atoms with Crippen molar-refractivity contribution >= 4 is 5.82 Å². The molecule has 0 aromatic carbocycles. The van der Waals surface area contributed by atoms with Crippen LogP contribution in [-0.2, 0) is 6.42 Å². The highest BCUT2D eigenvalue weighted by Gasteiger charge is 2.04. The molecule has 0 fully saturated rings. The molecule has 0 unspecified atom stereocenters. The Morgan fingerprint density at radius 1 is 1.21 bits per heavy atom. The fourth-order valence-corrected chi connectivity index (χ4v) is 1.60. The van der Waals surface area contributed by atoms with Crippen LogP contribution in [0, 0.1) is 6.92 Å². The van der Waals surface area contributed by atoms with E-state index in [1.165, 1.54) is 37.8 Å². The van der Waals surface area contributed by atoms with Crippen LogP contribution in [0.15, 0.2) is 0 Å². The van der Waals surface area contributed by atoms with Gasteiger partial charge in [-0.2, -0.15) is 5.10 Å². The molecule has 1 aromatic rings. The van der Waals surface area contributed by atoms with Crippen molar-refractivity contribution in [1.82, 2.24) is 10.2 Å². The van der Waals surface area contributed by atoms with Crippen molar-refractivity contribution < 1.29 is 0 Å². The minimum atomic E-state index is 0.647. The van der Waals surface area contributed by atoms with Gasteiger partial charge in [0.15, 0.2) is 0 Å². The first kappa shape index (κ1) is 11.1. The predicted molar refractivity (Wildman–Crippen MR) is 60.2 cm³/mol. The Labute approximate surface area is 86.1 Å². The number of nitrogen functional groups attached to an aromatic ring is 1. The van der Waals surface area contributed by atoms with Crippen LogP contribution < -0.4 is 5.73 Å². The van der Waals surface area contributed by atoms with E-state index in [1.54, 1.807) is 0 Å². The number of rotatable bonds is 6. The van der Waals surface area contributed by atoms with Crippen LogP contribution >= 0.6 is 0 Å². The minimum absolute atomic E-state index is 0.647. The molecule has 1 rings (SSSR count). The molecular weight excluding hydrogens is 174 g/mol. The van der Waals surface area contributed by atoms with Crippen LogP contribution in [0.5, 0.6) is 0 Å². The average Bonchev–Trinajstić information content (AvgIpc) is 2.49. The van der Waals surface area contributed by atoms with Gasteiger partial charge in [-0.05, 0) is 19.8 Å². The zero-order valence-corrected chi connectivity index (χ0v) is 9.27. The molecule has 3 heteroatoms. The lowest BCUT2D eigenvalue weighted by Gasteiger charge is -1.99. The second-order valence-corrected chi connectivity index (χ2v) is 3.88. The molecule has 3 N–H and O–H groups in total. The summed E-state index contributed by atoms with van der Waals surface area (Å²) in [7, 11) is 0. The van der Waals surface area contributed by atoms with Crippen molar-refractivity contribution in [2.75, 3.05) is 5.73 Å². The second-order valence-electron chi connectivity index (χ2n) is 3.88. The number of H-pyrrole nitrogens is 1. The van der Waals surface area contributed by atoms with Gasteiger partial charge in [-0.1, -0.05) is 32.6 Å². The Hall–Kier alpha value is -0.990. The number of hydrogen-bond donors (Lipinski definition) is 2. The maximum absolute atomic E-state index is 5.65. The highest BCUT2D eigenvalue weighted by atomic mass is 15.2. The zero-order chi connectivity index (χ0) is 10.4. The van der Waals surface area contributed by atoms with Gasteiger partial charge in [0.05, 0.1) is 0 Å². The Balaban J connectivity index is 2.21. The molecule has 0 saturated heterocycles. The third-order valence-corrected chi connectivity index (χ3v) is 2.68. The van der Waals surface area contributed by atoms with Crippen LogP contribution in [0.1, 0.15) is 50.3 Å². The first-order valence-corrected chi connectivity index (χ1v) is 5.55. The second kappa shape index (κ2) is 5.68. The van der Waals surface area contributed by atoms with Gasteiger partial charge in [-0.15, -0.1) is 0 Å². The Morgan fingerprint density at radius 3 is 2.50 bits per heavy atom. The SMILES string of the molecule is CCCCCCCc1[nH]nc(N)c1C. The summed E-state index contributed by atoms with van der Waals surface area (Å²) in [6, 6.07) is 0. The van der Waals surface area contributed by atoms with Crippen molar-refractivity contribution in [3.63, 3.8) is 0 Å². The fraction of sp³-hybridized carbons (Fsp3) is 0.727. The molecule has 0 aliphatic carbocycles. The lowest BCUT2D eigenvalue weighted by molar-refractivity contribution is 0.627. The summed E-state index contributed by atoms with van der Waals surface area (Å²) in [5.41, 5.74) is 7.98. The van der Waals surface area contributed by atoms with Gasteiger partial charge in [0.2, 0.25) is 0 Å². The molecule has 0 radical (unpaired) electrons. The van der Waals surface area contributed by atoms with E-state index in [9.17, 15) is 0 Å². The van der Waals surface area contributed by atoms with E-state index >= 15 is 0 Å². The van der Waals surface area contributed by atoms with Gasteiger partial charge in [0.25, 0.3) is 0 Å². The summed E-state index contributed by atoms with van der Waals surface area (Å²) in [4.78, 5) is 0. The summed E-state index contributed by atoms with van der Waals surface area (Å²) < 4.78 is 0. The highest BCUT2D eigenvalue weighted by Crippen LogP contribution is 2.14. The van der Waals surface area contributed by atoms with Crippen molar-refractivity contribution in [2.45, 2.75) is 52.4 Å². The van der Waals surface area contributed by atoms with Gasteiger partial charge in [-0.25, -0.2) is 0 Å². The molecule has 80 valence electrons. The largest absolute Gasteiger partial charge is 0.382 e. The van der Waals surface area contributed by atoms with E-state index in [0.29, 0.717) is 5.82 Å². The van der Waals surface area contributed by atoms with E-state index < -0.39 is 0 Å². The quantitative estimate of drug-likeness (QED) is 0.686. The van der Waals surface area contributed by atoms with E-state index in [0.717, 1.165) is 12.0 Å². The number of nitrogens with zero attached hydrogens (tertiary/aromatic N) is 1. The fourth-order valence-electron chi connectivity index (χ4n) is 1.60. The number of aromatic nitrogens is 2. The molecule has 0 saturated carbocycles. The monoisotopic (exact) mass is 195 g/mol. The van der Waals surface area contributed by atoms with E-state index in [1.807, 2.05) is 6.92 Å². The Morgan fingerprint density at radius 2 is 1.93 bits per heavy atom. The summed E-state index contributed by atoms with van der Waals surface area (Å²) >= 11 is 0. The number of nitrogens with one attached hydrogen (secondary N) is 1. The van der Waals surface area contributed by atoms with E-state index in [4.69, 9.17) is 5.73 Å². The molecule has 0 bridgehead atoms. The first-order valence-electron chi connectivity index (χ1n) is 5.55. The van der Waals surface area contributed by atoms with Crippen LogP contribution in [0.4, 0.5) is 5.82 Å². The molecule has 0 atom stereocenters. The lowest BCUT2D eigenvalue weighted by atomic mass is 10.1. The van der Waals surface area contributed by atoms with Crippen LogP contribution in [0.2, 0.25) is 0 Å².